The average molecular weight is 431 g/mol. The molecule has 2 rings (SSSR count). The molecule has 0 fully saturated rings. The lowest BCUT2D eigenvalue weighted by Gasteiger charge is -2.18. The van der Waals surface area contributed by atoms with Gasteiger partial charge in [0.05, 0.1) is 25.3 Å². The Hall–Kier alpha value is -3.00. The van der Waals surface area contributed by atoms with Gasteiger partial charge in [-0.25, -0.2) is 0 Å². The van der Waals surface area contributed by atoms with Crippen LogP contribution >= 0.6 is 11.8 Å². The third kappa shape index (κ3) is 5.76. The molecule has 2 aromatic rings. The Labute approximate surface area is 180 Å². The largest absolute Gasteiger partial charge is 0.493 e. The van der Waals surface area contributed by atoms with Gasteiger partial charge in [-0.2, -0.15) is 0 Å². The number of carbonyl (C=O) groups excluding carboxylic acids is 3. The molecule has 1 atom stereocenters. The van der Waals surface area contributed by atoms with E-state index in [-0.39, 0.29) is 16.6 Å². The molecule has 0 heterocycles. The molecular weight excluding hydrogens is 404 g/mol. The summed E-state index contributed by atoms with van der Waals surface area (Å²) in [6, 6.07) is 10.9. The first kappa shape index (κ1) is 23.3. The van der Waals surface area contributed by atoms with Gasteiger partial charge in [-0.05, 0) is 48.4 Å². The van der Waals surface area contributed by atoms with Crippen molar-refractivity contribution >= 4 is 28.7 Å². The second-order valence-electron chi connectivity index (χ2n) is 6.98. The number of amides is 2. The lowest BCUT2D eigenvalue weighted by atomic mass is 10.0. The minimum atomic E-state index is -0.787. The summed E-state index contributed by atoms with van der Waals surface area (Å²) < 4.78 is 10.6. The van der Waals surface area contributed by atoms with Crippen molar-refractivity contribution < 1.29 is 23.9 Å². The maximum absolute atomic E-state index is 12.9. The minimum absolute atomic E-state index is 0.175. The van der Waals surface area contributed by atoms with Crippen LogP contribution in [0.3, 0.4) is 0 Å². The molecule has 2 amide bonds. The molecule has 0 aromatic heterocycles. The minimum Gasteiger partial charge on any atom is -0.493 e. The highest BCUT2D eigenvalue weighted by molar-refractivity contribution is 8.14. The van der Waals surface area contributed by atoms with Crippen molar-refractivity contribution in [3.63, 3.8) is 0 Å². The van der Waals surface area contributed by atoms with E-state index >= 15 is 0 Å². The van der Waals surface area contributed by atoms with E-state index in [0.717, 1.165) is 11.8 Å². The van der Waals surface area contributed by atoms with Crippen molar-refractivity contribution in [2.45, 2.75) is 31.2 Å². The molecule has 0 bridgehead atoms. The molecular formula is C22H26N2O5S. The van der Waals surface area contributed by atoms with E-state index < -0.39 is 17.9 Å². The Morgan fingerprint density at radius 3 is 2.27 bits per heavy atom. The van der Waals surface area contributed by atoms with E-state index in [0.29, 0.717) is 28.4 Å². The highest BCUT2D eigenvalue weighted by atomic mass is 32.2. The summed E-state index contributed by atoms with van der Waals surface area (Å²) in [5.41, 5.74) is 6.04. The Morgan fingerprint density at radius 1 is 1.00 bits per heavy atom. The van der Waals surface area contributed by atoms with E-state index in [4.69, 9.17) is 15.2 Å². The molecule has 0 saturated carbocycles. The van der Waals surface area contributed by atoms with Gasteiger partial charge >= 0.3 is 0 Å². The number of benzene rings is 2. The zero-order valence-corrected chi connectivity index (χ0v) is 18.2. The van der Waals surface area contributed by atoms with E-state index in [1.807, 2.05) is 13.8 Å². The summed E-state index contributed by atoms with van der Waals surface area (Å²) in [6.07, 6.45) is 0.427. The Kier molecular flexibility index (Phi) is 8.29. The number of nitrogens with one attached hydrogen (secondary N) is 1. The lowest BCUT2D eigenvalue weighted by Crippen LogP contribution is -2.45. The second kappa shape index (κ2) is 10.7. The summed E-state index contributed by atoms with van der Waals surface area (Å²) in [5.74, 6) is -0.125. The first-order valence-electron chi connectivity index (χ1n) is 9.40. The summed E-state index contributed by atoms with van der Waals surface area (Å²) in [5, 5.41) is 2.37. The molecule has 0 aliphatic heterocycles. The summed E-state index contributed by atoms with van der Waals surface area (Å²) in [4.78, 5) is 37.9. The number of primary amides is 1. The molecule has 0 radical (unpaired) electrons. The van der Waals surface area contributed by atoms with Crippen molar-refractivity contribution in [3.8, 4) is 11.5 Å². The topological polar surface area (TPSA) is 108 Å². The quantitative estimate of drug-likeness (QED) is 0.591. The van der Waals surface area contributed by atoms with E-state index in [9.17, 15) is 14.4 Å². The van der Waals surface area contributed by atoms with Gasteiger partial charge in [-0.1, -0.05) is 32.0 Å². The van der Waals surface area contributed by atoms with Crippen LogP contribution < -0.4 is 20.5 Å². The zero-order valence-electron chi connectivity index (χ0n) is 17.4. The molecule has 7 nitrogen and oxygen atoms in total. The number of thioether (sulfide) groups is 1. The molecule has 0 spiro atoms. The van der Waals surface area contributed by atoms with Gasteiger partial charge in [0.2, 0.25) is 11.0 Å². The first-order valence-corrected chi connectivity index (χ1v) is 10.2. The van der Waals surface area contributed by atoms with Crippen molar-refractivity contribution in [3.05, 3.63) is 53.6 Å². The lowest BCUT2D eigenvalue weighted by molar-refractivity contribution is -0.120. The second-order valence-corrected chi connectivity index (χ2v) is 8.00. The number of hydrogen-bond acceptors (Lipinski definition) is 6. The fraction of sp³-hybridized carbons (Fsp3) is 0.318. The average Bonchev–Trinajstić information content (AvgIpc) is 2.72. The third-order valence-electron chi connectivity index (χ3n) is 4.31. The van der Waals surface area contributed by atoms with Crippen molar-refractivity contribution in [2.24, 2.45) is 11.7 Å². The number of hydrogen-bond donors (Lipinski definition) is 2. The Balaban J connectivity index is 2.28. The van der Waals surface area contributed by atoms with Crippen molar-refractivity contribution in [2.75, 3.05) is 14.2 Å². The Bertz CT molecular complexity index is 929. The molecule has 160 valence electrons. The molecule has 0 aliphatic carbocycles. The molecule has 0 aliphatic rings. The molecule has 3 N–H and O–H groups in total. The van der Waals surface area contributed by atoms with E-state index in [1.54, 1.807) is 42.5 Å². The van der Waals surface area contributed by atoms with Crippen LogP contribution in [0.1, 0.15) is 41.0 Å². The van der Waals surface area contributed by atoms with E-state index in [2.05, 4.69) is 5.32 Å². The van der Waals surface area contributed by atoms with Gasteiger partial charge in [0.15, 0.2) is 11.5 Å². The summed E-state index contributed by atoms with van der Waals surface area (Å²) in [7, 11) is 2.95. The number of nitrogens with two attached hydrogens (primary N) is 1. The van der Waals surface area contributed by atoms with Crippen LogP contribution in [0.15, 0.2) is 47.4 Å². The number of rotatable bonds is 9. The fourth-order valence-electron chi connectivity index (χ4n) is 2.90. The zero-order chi connectivity index (χ0) is 22.3. The molecule has 0 unspecified atom stereocenters. The standard InChI is InChI=1S/C22H26N2O5S/c1-13(2)12-16(20(23)25)24-21(26)14-8-5-6-11-18(14)30-22(27)15-9-7-10-17(28-3)19(15)29-4/h5-11,13,16H,12H2,1-4H3,(H2,23,25)(H,24,26)/t16-/m0/s1. The summed E-state index contributed by atoms with van der Waals surface area (Å²) in [6.45, 7) is 3.87. The number of ether oxygens (including phenoxy) is 2. The highest BCUT2D eigenvalue weighted by Gasteiger charge is 2.24. The third-order valence-corrected chi connectivity index (χ3v) is 5.29. The van der Waals surface area contributed by atoms with Gasteiger partial charge in [-0.15, -0.1) is 0 Å². The van der Waals surface area contributed by atoms with Crippen LogP contribution in [-0.4, -0.2) is 37.2 Å². The molecule has 2 aromatic carbocycles. The van der Waals surface area contributed by atoms with Gasteiger partial charge in [0, 0.05) is 4.90 Å². The van der Waals surface area contributed by atoms with Crippen molar-refractivity contribution in [1.82, 2.24) is 5.32 Å². The maximum Gasteiger partial charge on any atom is 0.253 e. The van der Waals surface area contributed by atoms with Gasteiger partial charge in [-0.3, -0.25) is 14.4 Å². The van der Waals surface area contributed by atoms with Gasteiger partial charge in [0.1, 0.15) is 6.04 Å². The van der Waals surface area contributed by atoms with Crippen LogP contribution in [0.4, 0.5) is 0 Å². The molecule has 30 heavy (non-hydrogen) atoms. The van der Waals surface area contributed by atoms with Crippen LogP contribution in [0.5, 0.6) is 11.5 Å². The van der Waals surface area contributed by atoms with Gasteiger partial charge in [0.25, 0.3) is 5.91 Å². The number of carbonyl (C=O) groups is 3. The summed E-state index contributed by atoms with van der Waals surface area (Å²) >= 11 is 0.898. The Morgan fingerprint density at radius 2 is 1.67 bits per heavy atom. The number of methoxy groups -OCH3 is 2. The van der Waals surface area contributed by atoms with Crippen LogP contribution in [0.2, 0.25) is 0 Å². The van der Waals surface area contributed by atoms with Gasteiger partial charge < -0.3 is 20.5 Å². The fourth-order valence-corrected chi connectivity index (χ4v) is 3.79. The van der Waals surface area contributed by atoms with Crippen LogP contribution in [0.25, 0.3) is 0 Å². The van der Waals surface area contributed by atoms with Crippen molar-refractivity contribution in [1.29, 1.82) is 0 Å². The normalized spacial score (nSPS) is 11.6. The van der Waals surface area contributed by atoms with E-state index in [1.165, 1.54) is 14.2 Å². The van der Waals surface area contributed by atoms with Crippen LogP contribution in [0, 0.1) is 5.92 Å². The maximum atomic E-state index is 12.9. The highest BCUT2D eigenvalue weighted by Crippen LogP contribution is 2.35. The SMILES string of the molecule is COc1cccc(C(=O)Sc2ccccc2C(=O)N[C@@H](CC(C)C)C(N)=O)c1OC. The monoisotopic (exact) mass is 430 g/mol. The number of para-hydroxylation sites is 1. The predicted octanol–water partition coefficient (Wildman–Crippen LogP) is 3.27. The smallest absolute Gasteiger partial charge is 0.253 e. The first-order chi connectivity index (χ1) is 14.3. The predicted molar refractivity (Wildman–Crippen MR) is 116 cm³/mol. The molecule has 8 heteroatoms. The molecule has 0 saturated heterocycles. The van der Waals surface area contributed by atoms with Crippen LogP contribution in [-0.2, 0) is 4.79 Å².